The number of nitrogens with zero attached hydrogens (tertiary/aromatic N) is 1. The lowest BCUT2D eigenvalue weighted by molar-refractivity contribution is 0.509. The quantitative estimate of drug-likeness (QED) is 0.899. The molecule has 0 aliphatic rings. The minimum absolute atomic E-state index is 0.0106. The lowest BCUT2D eigenvalue weighted by atomic mass is 10.0. The average molecular weight is 329 g/mol. The second-order valence-corrected chi connectivity index (χ2v) is 5.85. The number of nitrogens with one attached hydrogen (secondary N) is 1. The van der Waals surface area contributed by atoms with Gasteiger partial charge in [0.1, 0.15) is 5.82 Å². The summed E-state index contributed by atoms with van der Waals surface area (Å²) in [6, 6.07) is 3.81. The highest BCUT2D eigenvalue weighted by Gasteiger charge is 2.16. The summed E-state index contributed by atoms with van der Waals surface area (Å²) in [7, 11) is 0. The maximum absolute atomic E-state index is 13.8. The third-order valence-corrected chi connectivity index (χ3v) is 4.38. The molecule has 0 aliphatic carbocycles. The van der Waals surface area contributed by atoms with Crippen molar-refractivity contribution < 1.29 is 4.39 Å². The Hall–Kier alpha value is -0.780. The number of hydrogen-bond donors (Lipinski definition) is 1. The second-order valence-electron chi connectivity index (χ2n) is 3.94. The molecule has 2 heterocycles. The molecule has 1 unspecified atom stereocenters. The van der Waals surface area contributed by atoms with Crippen molar-refractivity contribution in [1.29, 1.82) is 0 Å². The number of rotatable bonds is 5. The van der Waals surface area contributed by atoms with Gasteiger partial charge in [0, 0.05) is 39.0 Å². The Morgan fingerprint density at radius 3 is 3.00 bits per heavy atom. The summed E-state index contributed by atoms with van der Waals surface area (Å²) < 4.78 is 14.8. The molecule has 0 saturated heterocycles. The van der Waals surface area contributed by atoms with Gasteiger partial charge < -0.3 is 5.32 Å². The van der Waals surface area contributed by atoms with E-state index in [1.165, 1.54) is 11.1 Å². The molecule has 0 amide bonds. The van der Waals surface area contributed by atoms with Gasteiger partial charge in [-0.05, 0) is 34.6 Å². The monoisotopic (exact) mass is 328 g/mol. The average Bonchev–Trinajstić information content (AvgIpc) is 2.75. The van der Waals surface area contributed by atoms with Crippen LogP contribution in [0.25, 0.3) is 0 Å². The summed E-state index contributed by atoms with van der Waals surface area (Å²) in [6.45, 7) is 2.83. The summed E-state index contributed by atoms with van der Waals surface area (Å²) in [5.74, 6) is -0.251. The maximum Gasteiger partial charge on any atom is 0.146 e. The Bertz CT molecular complexity index is 515. The van der Waals surface area contributed by atoms with Crippen molar-refractivity contribution in [3.63, 3.8) is 0 Å². The first-order valence-corrected chi connectivity index (χ1v) is 7.43. The lowest BCUT2D eigenvalue weighted by Gasteiger charge is -2.17. The van der Waals surface area contributed by atoms with E-state index in [1.807, 2.05) is 12.3 Å². The molecule has 96 valence electrons. The van der Waals surface area contributed by atoms with Crippen LogP contribution in [-0.2, 0) is 6.42 Å². The number of thiophene rings is 1. The summed E-state index contributed by atoms with van der Waals surface area (Å²) in [5.41, 5.74) is 0.677. The molecule has 0 spiro atoms. The van der Waals surface area contributed by atoms with Gasteiger partial charge in [0.2, 0.25) is 0 Å². The van der Waals surface area contributed by atoms with E-state index in [4.69, 9.17) is 0 Å². The number of aromatic nitrogens is 1. The first-order chi connectivity index (χ1) is 8.70. The van der Waals surface area contributed by atoms with Gasteiger partial charge in [-0.25, -0.2) is 4.39 Å². The molecular formula is C13H14BrFN2S. The lowest BCUT2D eigenvalue weighted by Crippen LogP contribution is -2.23. The van der Waals surface area contributed by atoms with E-state index in [0.29, 0.717) is 5.56 Å². The van der Waals surface area contributed by atoms with Crippen LogP contribution in [0, 0.1) is 5.82 Å². The highest BCUT2D eigenvalue weighted by molar-refractivity contribution is 9.10. The molecule has 2 rings (SSSR count). The first-order valence-electron chi connectivity index (χ1n) is 5.76. The summed E-state index contributed by atoms with van der Waals surface area (Å²) >= 11 is 5.12. The molecule has 0 radical (unpaired) electrons. The fraction of sp³-hybridized carbons (Fsp3) is 0.308. The van der Waals surface area contributed by atoms with E-state index in [-0.39, 0.29) is 11.9 Å². The van der Waals surface area contributed by atoms with Gasteiger partial charge in [-0.1, -0.05) is 6.92 Å². The van der Waals surface area contributed by atoms with Gasteiger partial charge in [-0.2, -0.15) is 0 Å². The summed E-state index contributed by atoms with van der Waals surface area (Å²) in [6.07, 6.45) is 3.68. The molecule has 0 saturated carbocycles. The third kappa shape index (κ3) is 3.37. The molecule has 18 heavy (non-hydrogen) atoms. The third-order valence-electron chi connectivity index (χ3n) is 2.66. The van der Waals surface area contributed by atoms with E-state index < -0.39 is 0 Å². The highest BCUT2D eigenvalue weighted by atomic mass is 79.9. The molecule has 0 fully saturated rings. The topological polar surface area (TPSA) is 24.9 Å². The molecular weight excluding hydrogens is 315 g/mol. The van der Waals surface area contributed by atoms with Crippen LogP contribution < -0.4 is 5.32 Å². The van der Waals surface area contributed by atoms with Crippen LogP contribution in [0.1, 0.15) is 23.4 Å². The largest absolute Gasteiger partial charge is 0.310 e. The molecule has 0 aromatic carbocycles. The molecule has 2 aromatic rings. The van der Waals surface area contributed by atoms with Crippen molar-refractivity contribution in [3.05, 3.63) is 50.6 Å². The molecule has 2 nitrogen and oxygen atoms in total. The molecule has 1 atom stereocenters. The Kier molecular flexibility index (Phi) is 4.86. The van der Waals surface area contributed by atoms with Crippen LogP contribution in [0.4, 0.5) is 4.39 Å². The molecule has 1 N–H and O–H groups in total. The zero-order valence-electron chi connectivity index (χ0n) is 9.99. The Labute approximate surface area is 118 Å². The highest BCUT2D eigenvalue weighted by Crippen LogP contribution is 2.26. The zero-order valence-corrected chi connectivity index (χ0v) is 12.4. The number of hydrogen-bond acceptors (Lipinski definition) is 3. The van der Waals surface area contributed by atoms with E-state index in [1.54, 1.807) is 23.6 Å². The van der Waals surface area contributed by atoms with Crippen molar-refractivity contribution in [2.24, 2.45) is 0 Å². The van der Waals surface area contributed by atoms with Crippen molar-refractivity contribution in [2.45, 2.75) is 19.4 Å². The predicted molar refractivity (Wildman–Crippen MR) is 76.3 cm³/mol. The summed E-state index contributed by atoms with van der Waals surface area (Å²) in [5, 5.41) is 5.36. The van der Waals surface area contributed by atoms with Crippen molar-refractivity contribution in [2.75, 3.05) is 6.54 Å². The second kappa shape index (κ2) is 6.41. The molecule has 5 heteroatoms. The number of pyridine rings is 1. The van der Waals surface area contributed by atoms with E-state index in [0.717, 1.165) is 17.4 Å². The van der Waals surface area contributed by atoms with Gasteiger partial charge in [-0.3, -0.25) is 4.98 Å². The molecule has 2 aromatic heterocycles. The fourth-order valence-electron chi connectivity index (χ4n) is 1.87. The van der Waals surface area contributed by atoms with Crippen LogP contribution >= 0.6 is 27.3 Å². The van der Waals surface area contributed by atoms with Gasteiger partial charge in [-0.15, -0.1) is 11.3 Å². The van der Waals surface area contributed by atoms with E-state index >= 15 is 0 Å². The van der Waals surface area contributed by atoms with Crippen LogP contribution in [0.5, 0.6) is 0 Å². The minimum atomic E-state index is -0.251. The number of halogens is 2. The van der Waals surface area contributed by atoms with Crippen LogP contribution in [-0.4, -0.2) is 11.5 Å². The van der Waals surface area contributed by atoms with Gasteiger partial charge >= 0.3 is 0 Å². The Morgan fingerprint density at radius 2 is 2.39 bits per heavy atom. The fourth-order valence-corrected chi connectivity index (χ4v) is 3.37. The van der Waals surface area contributed by atoms with Gasteiger partial charge in [0.25, 0.3) is 0 Å². The van der Waals surface area contributed by atoms with Gasteiger partial charge in [0.05, 0.1) is 6.20 Å². The first kappa shape index (κ1) is 13.6. The standard InChI is InChI=1S/C13H14BrFN2S/c1-2-17-13(6-10-5-9(14)8-18-10)11-3-4-16-7-12(11)15/h3-5,7-8,13,17H,2,6H2,1H3. The van der Waals surface area contributed by atoms with Crippen molar-refractivity contribution in [1.82, 2.24) is 10.3 Å². The van der Waals surface area contributed by atoms with Crippen LogP contribution in [0.2, 0.25) is 0 Å². The van der Waals surface area contributed by atoms with Gasteiger partial charge in [0.15, 0.2) is 0 Å². The normalized spacial score (nSPS) is 12.6. The van der Waals surface area contributed by atoms with E-state index in [2.05, 4.69) is 32.3 Å². The van der Waals surface area contributed by atoms with Crippen LogP contribution in [0.15, 0.2) is 34.4 Å². The zero-order chi connectivity index (χ0) is 13.0. The molecule has 0 bridgehead atoms. The Morgan fingerprint density at radius 1 is 1.56 bits per heavy atom. The maximum atomic E-state index is 13.8. The SMILES string of the molecule is CCNC(Cc1cc(Br)cs1)c1ccncc1F. The summed E-state index contributed by atoms with van der Waals surface area (Å²) in [4.78, 5) is 5.02. The van der Waals surface area contributed by atoms with E-state index in [9.17, 15) is 4.39 Å². The predicted octanol–water partition coefficient (Wildman–Crippen LogP) is 3.94. The molecule has 0 aliphatic heterocycles. The smallest absolute Gasteiger partial charge is 0.146 e. The Balaban J connectivity index is 2.20. The van der Waals surface area contributed by atoms with Crippen LogP contribution in [0.3, 0.4) is 0 Å². The van der Waals surface area contributed by atoms with Crippen molar-refractivity contribution >= 4 is 27.3 Å². The minimum Gasteiger partial charge on any atom is -0.310 e. The number of likely N-dealkylation sites (N-methyl/N-ethyl adjacent to an activating group) is 1. The van der Waals surface area contributed by atoms with Crippen molar-refractivity contribution in [3.8, 4) is 0 Å².